The number of carbonyl (C=O) groups is 2. The second-order valence-electron chi connectivity index (χ2n) is 11.3. The van der Waals surface area contributed by atoms with Gasteiger partial charge in [-0.2, -0.15) is 0 Å². The molecule has 1 aromatic heterocycles. The average molecular weight is 490 g/mol. The molecule has 0 spiro atoms. The zero-order chi connectivity index (χ0) is 26.0. The van der Waals surface area contributed by atoms with Crippen molar-refractivity contribution in [2.24, 2.45) is 5.92 Å². The molecule has 1 N–H and O–H groups in total. The van der Waals surface area contributed by atoms with Gasteiger partial charge in [0.1, 0.15) is 11.6 Å². The summed E-state index contributed by atoms with van der Waals surface area (Å²) in [6, 6.07) is -0.340. The maximum Gasteiger partial charge on any atom is 0.498 e. The molecular weight excluding hydrogens is 451 g/mol. The van der Waals surface area contributed by atoms with E-state index in [1.165, 1.54) is 0 Å². The Labute approximate surface area is 208 Å². The number of rotatable bonds is 6. The van der Waals surface area contributed by atoms with Crippen LogP contribution in [0.25, 0.3) is 0 Å². The van der Waals surface area contributed by atoms with Crippen LogP contribution in [0.15, 0.2) is 12.4 Å². The predicted octanol–water partition coefficient (Wildman–Crippen LogP) is 2.31. The average Bonchev–Trinajstić information content (AvgIpc) is 2.98. The van der Waals surface area contributed by atoms with Crippen LogP contribution in [0.4, 0.5) is 4.79 Å². The Bertz CT molecular complexity index is 878. The van der Waals surface area contributed by atoms with Crippen molar-refractivity contribution >= 4 is 24.6 Å². The molecule has 3 rings (SSSR count). The number of aromatic nitrogens is 2. The highest BCUT2D eigenvalue weighted by atomic mass is 16.7. The molecule has 10 nitrogen and oxygen atoms in total. The van der Waals surface area contributed by atoms with Crippen LogP contribution in [-0.4, -0.2) is 76.5 Å². The molecule has 3 heterocycles. The summed E-state index contributed by atoms with van der Waals surface area (Å²) in [5.41, 5.74) is -0.711. The number of ether oxygens (including phenoxy) is 2. The Balaban J connectivity index is 1.41. The summed E-state index contributed by atoms with van der Waals surface area (Å²) in [5.74, 6) is 0.177. The smallest absolute Gasteiger partial charge is 0.463 e. The summed E-state index contributed by atoms with van der Waals surface area (Å²) in [4.78, 5) is 35.0. The van der Waals surface area contributed by atoms with Crippen molar-refractivity contribution in [2.45, 2.75) is 91.1 Å². The van der Waals surface area contributed by atoms with Crippen molar-refractivity contribution in [1.82, 2.24) is 20.2 Å². The Morgan fingerprint density at radius 1 is 1.14 bits per heavy atom. The van der Waals surface area contributed by atoms with Crippen molar-refractivity contribution in [3.05, 3.63) is 12.4 Å². The molecular formula is C24H39BN4O6. The third-order valence-corrected chi connectivity index (χ3v) is 6.65. The van der Waals surface area contributed by atoms with Crippen LogP contribution in [0, 0.1) is 5.92 Å². The molecule has 0 saturated carbocycles. The highest BCUT2D eigenvalue weighted by molar-refractivity contribution is 6.61. The lowest BCUT2D eigenvalue weighted by molar-refractivity contribution is -0.134. The van der Waals surface area contributed by atoms with Crippen molar-refractivity contribution in [3.63, 3.8) is 0 Å². The van der Waals surface area contributed by atoms with E-state index in [-0.39, 0.29) is 5.91 Å². The minimum Gasteiger partial charge on any atom is -0.463 e. The van der Waals surface area contributed by atoms with Crippen LogP contribution < -0.4 is 15.5 Å². The first-order valence-electron chi connectivity index (χ1n) is 12.3. The number of hydrogen-bond acceptors (Lipinski definition) is 8. The van der Waals surface area contributed by atoms with E-state index in [0.29, 0.717) is 31.6 Å². The van der Waals surface area contributed by atoms with Gasteiger partial charge in [0.15, 0.2) is 0 Å². The third kappa shape index (κ3) is 7.07. The quantitative estimate of drug-likeness (QED) is 0.605. The fourth-order valence-corrected chi connectivity index (χ4v) is 3.83. The minimum absolute atomic E-state index is 0.114. The highest BCUT2D eigenvalue weighted by Gasteiger charge is 2.52. The van der Waals surface area contributed by atoms with Crippen LogP contribution in [0.5, 0.6) is 6.01 Å². The van der Waals surface area contributed by atoms with Gasteiger partial charge in [-0.15, -0.1) is 0 Å². The molecule has 0 radical (unpaired) electrons. The zero-order valence-electron chi connectivity index (χ0n) is 22.2. The number of piperidine rings is 1. The Hall–Kier alpha value is -2.40. The van der Waals surface area contributed by atoms with E-state index in [1.807, 2.05) is 27.7 Å². The van der Waals surface area contributed by atoms with Gasteiger partial charge in [-0.25, -0.2) is 14.8 Å². The second-order valence-corrected chi connectivity index (χ2v) is 11.3. The normalized spacial score (nSPS) is 20.9. The lowest BCUT2D eigenvalue weighted by atomic mass is 9.81. The molecule has 2 amide bonds. The molecule has 1 aromatic rings. The van der Waals surface area contributed by atoms with Gasteiger partial charge < -0.3 is 29.0 Å². The predicted molar refractivity (Wildman–Crippen MR) is 131 cm³/mol. The Morgan fingerprint density at radius 3 is 2.20 bits per heavy atom. The molecule has 0 bridgehead atoms. The molecule has 0 unspecified atom stereocenters. The van der Waals surface area contributed by atoms with E-state index < -0.39 is 36.1 Å². The van der Waals surface area contributed by atoms with Gasteiger partial charge in [-0.1, -0.05) is 0 Å². The summed E-state index contributed by atoms with van der Waals surface area (Å²) < 4.78 is 23.1. The summed E-state index contributed by atoms with van der Waals surface area (Å²) in [5, 5.41) is 2.61. The number of nitrogens with one attached hydrogen (secondary N) is 1. The van der Waals surface area contributed by atoms with E-state index >= 15 is 0 Å². The highest BCUT2D eigenvalue weighted by Crippen LogP contribution is 2.36. The summed E-state index contributed by atoms with van der Waals surface area (Å²) in [6.45, 7) is 16.7. The van der Waals surface area contributed by atoms with Crippen LogP contribution in [0.3, 0.4) is 0 Å². The van der Waals surface area contributed by atoms with Gasteiger partial charge in [-0.05, 0) is 74.1 Å². The maximum atomic E-state index is 12.7. The second kappa shape index (κ2) is 10.3. The molecule has 194 valence electrons. The van der Waals surface area contributed by atoms with Crippen LogP contribution in [0.1, 0.15) is 68.2 Å². The van der Waals surface area contributed by atoms with Gasteiger partial charge in [0.2, 0.25) is 5.91 Å². The lowest BCUT2D eigenvalue weighted by Gasteiger charge is -2.33. The topological polar surface area (TPSA) is 112 Å². The number of likely N-dealkylation sites (tertiary alicyclic amines) is 1. The molecule has 2 aliphatic rings. The summed E-state index contributed by atoms with van der Waals surface area (Å²) >= 11 is 0. The first kappa shape index (κ1) is 27.2. The molecule has 2 saturated heterocycles. The number of nitrogens with zero attached hydrogens (tertiary/aromatic N) is 3. The zero-order valence-corrected chi connectivity index (χ0v) is 22.2. The molecule has 0 aliphatic carbocycles. The van der Waals surface area contributed by atoms with Crippen molar-refractivity contribution in [1.29, 1.82) is 0 Å². The van der Waals surface area contributed by atoms with Gasteiger partial charge in [-0.3, -0.25) is 4.79 Å². The number of carbonyl (C=O) groups excluding carboxylic acids is 2. The minimum atomic E-state index is -0.645. The van der Waals surface area contributed by atoms with Crippen LogP contribution in [0.2, 0.25) is 0 Å². The van der Waals surface area contributed by atoms with E-state index in [2.05, 4.69) is 15.3 Å². The fourth-order valence-electron chi connectivity index (χ4n) is 3.83. The van der Waals surface area contributed by atoms with Crippen molar-refractivity contribution in [3.8, 4) is 6.01 Å². The first-order chi connectivity index (χ1) is 16.2. The molecule has 11 heteroatoms. The van der Waals surface area contributed by atoms with Crippen molar-refractivity contribution < 1.29 is 28.4 Å². The van der Waals surface area contributed by atoms with Gasteiger partial charge in [0, 0.05) is 30.9 Å². The molecule has 2 aliphatic heterocycles. The fraction of sp³-hybridized carbons (Fsp3) is 0.750. The van der Waals surface area contributed by atoms with E-state index in [1.54, 1.807) is 45.0 Å². The van der Waals surface area contributed by atoms with Crippen LogP contribution in [-0.2, 0) is 18.8 Å². The number of hydrogen-bond donors (Lipinski definition) is 1. The van der Waals surface area contributed by atoms with Gasteiger partial charge in [0.25, 0.3) is 0 Å². The largest absolute Gasteiger partial charge is 0.498 e. The molecule has 35 heavy (non-hydrogen) atoms. The Morgan fingerprint density at radius 2 is 1.69 bits per heavy atom. The molecule has 1 atom stereocenters. The van der Waals surface area contributed by atoms with E-state index in [0.717, 1.165) is 18.3 Å². The SMILES string of the molecule is C[C@@H](NC(=O)OC(C)(C)C)C(=O)N1CCC(COc2ncc(B3OC(C)(C)C(C)(C)O3)cn2)CC1. The number of amides is 2. The molecule has 2 fully saturated rings. The van der Waals surface area contributed by atoms with Crippen LogP contribution >= 0.6 is 0 Å². The summed E-state index contributed by atoms with van der Waals surface area (Å²) in [7, 11) is -0.511. The number of alkyl carbamates (subject to hydrolysis) is 1. The lowest BCUT2D eigenvalue weighted by Crippen LogP contribution is -2.50. The van der Waals surface area contributed by atoms with E-state index in [9.17, 15) is 9.59 Å². The summed E-state index contributed by atoms with van der Waals surface area (Å²) in [6.07, 6.45) is 4.36. The maximum absolute atomic E-state index is 12.7. The van der Waals surface area contributed by atoms with Gasteiger partial charge in [0.05, 0.1) is 17.8 Å². The van der Waals surface area contributed by atoms with E-state index in [4.69, 9.17) is 18.8 Å². The van der Waals surface area contributed by atoms with Gasteiger partial charge >= 0.3 is 19.2 Å². The Kier molecular flexibility index (Phi) is 8.01. The first-order valence-corrected chi connectivity index (χ1v) is 12.3. The van der Waals surface area contributed by atoms with Crippen molar-refractivity contribution in [2.75, 3.05) is 19.7 Å². The molecule has 0 aromatic carbocycles. The monoisotopic (exact) mass is 490 g/mol. The third-order valence-electron chi connectivity index (χ3n) is 6.65. The standard InChI is InChI=1S/C24H39BN4O6/c1-16(28-21(31)33-22(2,3)4)19(30)29-11-9-17(10-12-29)15-32-20-26-13-18(14-27-20)25-34-23(5,6)24(7,8)35-25/h13-14,16-17H,9-12,15H2,1-8H3,(H,28,31)/t16-/m1/s1.